The van der Waals surface area contributed by atoms with E-state index in [2.05, 4.69) is 18.4 Å². The number of thioether (sulfide) groups is 1. The first-order valence-corrected chi connectivity index (χ1v) is 7.85. The zero-order valence-corrected chi connectivity index (χ0v) is 13.1. The van der Waals surface area contributed by atoms with Gasteiger partial charge < -0.3 is 9.53 Å². The van der Waals surface area contributed by atoms with Crippen LogP contribution in [0.15, 0.2) is 12.0 Å². The highest BCUT2D eigenvalue weighted by Crippen LogP contribution is 2.38. The van der Waals surface area contributed by atoms with Gasteiger partial charge >= 0.3 is 0 Å². The van der Waals surface area contributed by atoms with Gasteiger partial charge in [-0.1, -0.05) is 37.1 Å². The molecule has 4 nitrogen and oxygen atoms in total. The van der Waals surface area contributed by atoms with Gasteiger partial charge in [-0.25, -0.2) is 0 Å². The molecule has 0 radical (unpaired) electrons. The van der Waals surface area contributed by atoms with E-state index >= 15 is 0 Å². The summed E-state index contributed by atoms with van der Waals surface area (Å²) in [5, 5.41) is 9.41. The van der Waals surface area contributed by atoms with Crippen LogP contribution in [-0.2, 0) is 14.3 Å². The lowest BCUT2D eigenvalue weighted by molar-refractivity contribution is -0.127. The maximum Gasteiger partial charge on any atom is 0.143 e. The minimum atomic E-state index is -0.884. The van der Waals surface area contributed by atoms with E-state index in [-0.39, 0.29) is 29.6 Å². The van der Waals surface area contributed by atoms with Gasteiger partial charge in [0.25, 0.3) is 0 Å². The molecule has 0 bridgehead atoms. The molecule has 1 aliphatic carbocycles. The van der Waals surface area contributed by atoms with Gasteiger partial charge in [-0.15, -0.1) is 0 Å². The predicted octanol–water partition coefficient (Wildman–Crippen LogP) is 2.97. The molecule has 1 rings (SSSR count). The van der Waals surface area contributed by atoms with E-state index in [1.807, 2.05) is 0 Å². The Balaban J connectivity index is 3.00. The van der Waals surface area contributed by atoms with Crippen LogP contribution in [-0.4, -0.2) is 29.8 Å². The largest absolute Gasteiger partial charge is 0.365 e. The van der Waals surface area contributed by atoms with E-state index in [9.17, 15) is 9.59 Å². The molecule has 1 N–H and O–H groups in total. The molecule has 0 amide bonds. The van der Waals surface area contributed by atoms with E-state index in [1.165, 1.54) is 0 Å². The number of carbonyl (C=O) groups is 2. The van der Waals surface area contributed by atoms with E-state index in [4.69, 9.17) is 10.1 Å². The van der Waals surface area contributed by atoms with Crippen LogP contribution >= 0.6 is 11.8 Å². The van der Waals surface area contributed by atoms with Gasteiger partial charge in [0, 0.05) is 13.5 Å². The van der Waals surface area contributed by atoms with Crippen molar-refractivity contribution in [2.45, 2.75) is 44.1 Å². The SMILES string of the molecule is C=CSC(=N)C#CC(CC(=O)CC=O)(OC)C1CCCC1. The second kappa shape index (κ2) is 8.81. The number of aldehydes is 1. The Morgan fingerprint density at radius 3 is 2.71 bits per heavy atom. The van der Waals surface area contributed by atoms with Crippen molar-refractivity contribution in [3.05, 3.63) is 12.0 Å². The monoisotopic (exact) mass is 307 g/mol. The third kappa shape index (κ3) is 5.14. The summed E-state index contributed by atoms with van der Waals surface area (Å²) < 4.78 is 5.63. The second-order valence-electron chi connectivity index (χ2n) is 5.02. The third-order valence-electron chi connectivity index (χ3n) is 3.74. The molecule has 1 atom stereocenters. The lowest BCUT2D eigenvalue weighted by Gasteiger charge is -2.32. The quantitative estimate of drug-likeness (QED) is 0.258. The molecule has 0 aromatic heterocycles. The maximum absolute atomic E-state index is 11.9. The van der Waals surface area contributed by atoms with Gasteiger partial charge in [0.05, 0.1) is 6.42 Å². The molecular formula is C16H21NO3S. The van der Waals surface area contributed by atoms with Crippen LogP contribution in [0.25, 0.3) is 0 Å². The molecule has 0 aromatic rings. The summed E-state index contributed by atoms with van der Waals surface area (Å²) in [5.74, 6) is 5.76. The number of rotatable bonds is 7. The smallest absolute Gasteiger partial charge is 0.143 e. The van der Waals surface area contributed by atoms with Crippen LogP contribution in [0, 0.1) is 23.2 Å². The predicted molar refractivity (Wildman–Crippen MR) is 85.3 cm³/mol. The third-order valence-corrected chi connectivity index (χ3v) is 4.24. The van der Waals surface area contributed by atoms with Gasteiger partial charge in [-0.2, -0.15) is 0 Å². The fraction of sp³-hybridized carbons (Fsp3) is 0.562. The molecule has 0 aliphatic heterocycles. The van der Waals surface area contributed by atoms with E-state index < -0.39 is 5.60 Å². The molecule has 21 heavy (non-hydrogen) atoms. The van der Waals surface area contributed by atoms with Crippen LogP contribution < -0.4 is 0 Å². The van der Waals surface area contributed by atoms with Gasteiger partial charge in [-0.05, 0) is 30.1 Å². The normalized spacial score (nSPS) is 17.4. The van der Waals surface area contributed by atoms with Gasteiger partial charge in [-0.3, -0.25) is 10.2 Å². The first-order chi connectivity index (χ1) is 10.1. The summed E-state index contributed by atoms with van der Waals surface area (Å²) >= 11 is 1.13. The fourth-order valence-electron chi connectivity index (χ4n) is 2.71. The molecule has 0 saturated heterocycles. The lowest BCUT2D eigenvalue weighted by atomic mass is 9.81. The van der Waals surface area contributed by atoms with Crippen molar-refractivity contribution in [2.75, 3.05) is 7.11 Å². The topological polar surface area (TPSA) is 67.2 Å². The van der Waals surface area contributed by atoms with Crippen molar-refractivity contribution in [3.63, 3.8) is 0 Å². The zero-order chi connectivity index (χ0) is 15.7. The summed E-state index contributed by atoms with van der Waals surface area (Å²) in [6, 6.07) is 0. The molecule has 5 heteroatoms. The maximum atomic E-state index is 11.9. The minimum Gasteiger partial charge on any atom is -0.365 e. The standard InChI is InChI=1S/C16H21NO3S/c1-3-21-15(17)8-10-16(20-2,12-14(19)9-11-18)13-6-4-5-7-13/h3,11,13,17H,1,4-7,9,12H2,2H3. The first-order valence-electron chi connectivity index (χ1n) is 6.97. The molecule has 0 heterocycles. The van der Waals surface area contributed by atoms with Crippen molar-refractivity contribution < 1.29 is 14.3 Å². The van der Waals surface area contributed by atoms with Crippen molar-refractivity contribution in [1.82, 2.24) is 0 Å². The summed E-state index contributed by atoms with van der Waals surface area (Å²) in [6.07, 6.45) is 4.71. The highest BCUT2D eigenvalue weighted by atomic mass is 32.2. The van der Waals surface area contributed by atoms with E-state index in [0.717, 1.165) is 37.4 Å². The molecular weight excluding hydrogens is 286 g/mol. The number of methoxy groups -OCH3 is 1. The number of hydrogen-bond acceptors (Lipinski definition) is 5. The average Bonchev–Trinajstić information content (AvgIpc) is 2.99. The summed E-state index contributed by atoms with van der Waals surface area (Å²) in [6.45, 7) is 3.55. The van der Waals surface area contributed by atoms with Gasteiger partial charge in [0.15, 0.2) is 0 Å². The number of ketones is 1. The Hall–Kier alpha value is -1.38. The fourth-order valence-corrected chi connectivity index (χ4v) is 2.98. The lowest BCUT2D eigenvalue weighted by Crippen LogP contribution is -2.40. The van der Waals surface area contributed by atoms with Crippen molar-refractivity contribution >= 4 is 28.9 Å². The second-order valence-corrected chi connectivity index (χ2v) is 6.00. The van der Waals surface area contributed by atoms with Crippen molar-refractivity contribution in [1.29, 1.82) is 5.41 Å². The van der Waals surface area contributed by atoms with Crippen LogP contribution in [0.1, 0.15) is 38.5 Å². The van der Waals surface area contributed by atoms with Crippen LogP contribution in [0.5, 0.6) is 0 Å². The zero-order valence-electron chi connectivity index (χ0n) is 12.3. The molecule has 0 aromatic carbocycles. The number of hydrogen-bond donors (Lipinski definition) is 1. The highest BCUT2D eigenvalue weighted by Gasteiger charge is 2.40. The number of carbonyl (C=O) groups excluding carboxylic acids is 2. The Bertz CT molecular complexity index is 472. The van der Waals surface area contributed by atoms with E-state index in [0.29, 0.717) is 6.29 Å². The minimum absolute atomic E-state index is 0.103. The van der Waals surface area contributed by atoms with Gasteiger partial charge in [0.1, 0.15) is 22.7 Å². The molecule has 1 aliphatic rings. The molecule has 0 spiro atoms. The summed E-state index contributed by atoms with van der Waals surface area (Å²) in [7, 11) is 1.55. The summed E-state index contributed by atoms with van der Waals surface area (Å²) in [5.41, 5.74) is -0.884. The molecule has 1 fully saturated rings. The van der Waals surface area contributed by atoms with E-state index in [1.54, 1.807) is 12.5 Å². The molecule has 1 unspecified atom stereocenters. The van der Waals surface area contributed by atoms with Crippen LogP contribution in [0.4, 0.5) is 0 Å². The Kier molecular flexibility index (Phi) is 7.41. The Labute approximate surface area is 130 Å². The summed E-state index contributed by atoms with van der Waals surface area (Å²) in [4.78, 5) is 22.4. The van der Waals surface area contributed by atoms with Crippen LogP contribution in [0.2, 0.25) is 0 Å². The Morgan fingerprint density at radius 2 is 2.19 bits per heavy atom. The first kappa shape index (κ1) is 17.7. The number of ether oxygens (including phenoxy) is 1. The van der Waals surface area contributed by atoms with Crippen molar-refractivity contribution in [3.8, 4) is 11.8 Å². The molecule has 1 saturated carbocycles. The number of nitrogens with one attached hydrogen (secondary N) is 1. The average molecular weight is 307 g/mol. The highest BCUT2D eigenvalue weighted by molar-refractivity contribution is 8.16. The van der Waals surface area contributed by atoms with Crippen molar-refractivity contribution in [2.24, 2.45) is 5.92 Å². The number of Topliss-reactive ketones (excluding diaryl/α,β-unsaturated/α-hetero) is 1. The Morgan fingerprint density at radius 1 is 1.52 bits per heavy atom. The van der Waals surface area contributed by atoms with Crippen LogP contribution in [0.3, 0.4) is 0 Å². The molecule has 114 valence electrons. The van der Waals surface area contributed by atoms with Gasteiger partial charge in [0.2, 0.25) is 0 Å².